The van der Waals surface area contributed by atoms with E-state index in [0.717, 1.165) is 0 Å². The molecule has 36 heavy (non-hydrogen) atoms. The van der Waals surface area contributed by atoms with Gasteiger partial charge in [-0.25, -0.2) is 4.79 Å². The molecule has 0 spiro atoms. The number of rotatable bonds is 11. The Morgan fingerprint density at radius 2 is 1.50 bits per heavy atom. The molecule has 2 aliphatic heterocycles. The molecule has 0 radical (unpaired) electrons. The molecule has 2 aliphatic rings. The Morgan fingerprint density at radius 3 is 1.97 bits per heavy atom. The number of esters is 1. The van der Waals surface area contributed by atoms with Crippen molar-refractivity contribution < 1.29 is 101 Å². The molecule has 0 bridgehead atoms. The maximum atomic E-state index is 12.0. The summed E-state index contributed by atoms with van der Waals surface area (Å²) in [4.78, 5) is 33.9. The molecule has 0 aromatic carbocycles. The van der Waals surface area contributed by atoms with Gasteiger partial charge in [0, 0.05) is 17.1 Å². The Balaban J connectivity index is 0.00000648. The van der Waals surface area contributed by atoms with Crippen LogP contribution < -0.4 is 0 Å². The molecule has 2 fully saturated rings. The molecule has 0 aromatic rings. The van der Waals surface area contributed by atoms with Crippen molar-refractivity contribution >= 4 is 17.9 Å². The fourth-order valence-electron chi connectivity index (χ4n) is 3.55. The van der Waals surface area contributed by atoms with Gasteiger partial charge in [-0.1, -0.05) is 0 Å². The molecule has 0 aliphatic carbocycles. The second-order valence-electron chi connectivity index (χ2n) is 8.14. The van der Waals surface area contributed by atoms with Crippen molar-refractivity contribution in [3.63, 3.8) is 0 Å². The van der Waals surface area contributed by atoms with Crippen LogP contribution in [-0.2, 0) is 50.4 Å². The van der Waals surface area contributed by atoms with Crippen molar-refractivity contribution in [3.05, 3.63) is 0 Å². The number of carboxylic acids is 2. The Labute approximate surface area is 212 Å². The number of hydrogen-bond acceptors (Lipinski definition) is 15. The predicted octanol–water partition coefficient (Wildman–Crippen LogP) is -6.17. The number of aliphatic carboxylic acids is 2. The molecule has 1 unspecified atom stereocenters. The molecule has 0 aromatic heterocycles. The minimum absolute atomic E-state index is 0. The number of hydrogen-bond donors (Lipinski definition) is 10. The Bertz CT molecular complexity index is 783. The van der Waals surface area contributed by atoms with E-state index in [2.05, 4.69) is 0 Å². The zero-order chi connectivity index (χ0) is 26.7. The first kappa shape index (κ1) is 32.5. The van der Waals surface area contributed by atoms with Crippen LogP contribution in [0.25, 0.3) is 0 Å². The van der Waals surface area contributed by atoms with Crippen molar-refractivity contribution in [2.45, 2.75) is 73.2 Å². The quantitative estimate of drug-likeness (QED) is 0.0814. The van der Waals surface area contributed by atoms with E-state index in [4.69, 9.17) is 29.2 Å². The van der Waals surface area contributed by atoms with Crippen molar-refractivity contribution in [1.29, 1.82) is 0 Å². The van der Waals surface area contributed by atoms with Crippen LogP contribution in [-0.4, -0.2) is 149 Å². The topological polar surface area (TPSA) is 290 Å². The number of ether oxygens (including phenoxy) is 4. The van der Waals surface area contributed by atoms with E-state index in [-0.39, 0.29) is 17.1 Å². The van der Waals surface area contributed by atoms with E-state index >= 15 is 0 Å². The summed E-state index contributed by atoms with van der Waals surface area (Å²) in [7, 11) is 0. The van der Waals surface area contributed by atoms with Gasteiger partial charge in [0.2, 0.25) is 5.79 Å². The number of carboxylic acid groups (broad SMARTS) is 2. The minimum Gasteiger partial charge on any atom is -0.481 e. The molecule has 2 heterocycles. The zero-order valence-corrected chi connectivity index (χ0v) is 19.4. The molecule has 0 saturated carbocycles. The number of carbonyl (C=O) groups is 3. The Hall–Kier alpha value is -1.51. The van der Waals surface area contributed by atoms with Gasteiger partial charge in [0.15, 0.2) is 11.9 Å². The standard InChI is InChI=1S/C18H28O17.Fe/c19-3-6-11(25)14(28)18(5-20,34-6)35-15-13(27)12(26)10(24)7(33-15)4-32-9(23)2-17(31,16(29)30)1-8(21)22;/h6-7,10-15,19-20,24-28,31H,1-5H2,(H,21,22)(H,29,30);/t6-,7-,10-,11-,12+,13-,14+,15-,17?,18+;/m1./s1. The van der Waals surface area contributed by atoms with E-state index in [1.165, 1.54) is 0 Å². The molecule has 2 rings (SSSR count). The Morgan fingerprint density at radius 1 is 0.889 bits per heavy atom. The van der Waals surface area contributed by atoms with E-state index in [9.17, 15) is 55.2 Å². The molecule has 210 valence electrons. The summed E-state index contributed by atoms with van der Waals surface area (Å²) < 4.78 is 20.4. The summed E-state index contributed by atoms with van der Waals surface area (Å²) in [5.74, 6) is -7.57. The fraction of sp³-hybridized carbons (Fsp3) is 0.833. The van der Waals surface area contributed by atoms with E-state index in [1.54, 1.807) is 0 Å². The van der Waals surface area contributed by atoms with Gasteiger partial charge in [-0.2, -0.15) is 0 Å². The van der Waals surface area contributed by atoms with Crippen LogP contribution in [0.2, 0.25) is 0 Å². The van der Waals surface area contributed by atoms with Crippen LogP contribution in [0.5, 0.6) is 0 Å². The van der Waals surface area contributed by atoms with Gasteiger partial charge in [-0.05, 0) is 0 Å². The van der Waals surface area contributed by atoms with Gasteiger partial charge in [0.25, 0.3) is 0 Å². The SMILES string of the molecule is O=C(O)CC(O)(CC(=O)OC[C@H]1O[C@H](O[C@]2(CO)O[C@H](CO)[C@@H](O)[C@@H]2O)[C@H](O)[C@@H](O)[C@@H]1O)C(=O)O.[Fe]. The fourth-order valence-corrected chi connectivity index (χ4v) is 3.55. The van der Waals surface area contributed by atoms with Crippen LogP contribution in [0.15, 0.2) is 0 Å². The average Bonchev–Trinajstić information content (AvgIpc) is 3.02. The van der Waals surface area contributed by atoms with Crippen molar-refractivity contribution in [2.24, 2.45) is 0 Å². The predicted molar refractivity (Wildman–Crippen MR) is 102 cm³/mol. The van der Waals surface area contributed by atoms with Crippen LogP contribution in [0, 0.1) is 0 Å². The normalized spacial score (nSPS) is 38.0. The second kappa shape index (κ2) is 12.8. The first-order valence-electron chi connectivity index (χ1n) is 10.2. The number of carbonyl (C=O) groups excluding carboxylic acids is 1. The van der Waals surface area contributed by atoms with Crippen LogP contribution in [0.4, 0.5) is 0 Å². The van der Waals surface area contributed by atoms with Crippen LogP contribution in [0.3, 0.4) is 0 Å². The van der Waals surface area contributed by atoms with Gasteiger partial charge in [0.1, 0.15) is 55.9 Å². The second-order valence-corrected chi connectivity index (χ2v) is 8.14. The van der Waals surface area contributed by atoms with Gasteiger partial charge >= 0.3 is 17.9 Å². The molecule has 0 amide bonds. The number of aliphatic hydroxyl groups is 8. The first-order chi connectivity index (χ1) is 16.2. The molecule has 18 heteroatoms. The molecule has 10 N–H and O–H groups in total. The van der Waals surface area contributed by atoms with Crippen LogP contribution in [0.1, 0.15) is 12.8 Å². The molecular formula is C18H28FeO17. The van der Waals surface area contributed by atoms with Crippen molar-refractivity contribution in [1.82, 2.24) is 0 Å². The smallest absolute Gasteiger partial charge is 0.336 e. The monoisotopic (exact) mass is 572 g/mol. The van der Waals surface area contributed by atoms with Gasteiger partial charge < -0.3 is 70.0 Å². The zero-order valence-electron chi connectivity index (χ0n) is 18.3. The third-order valence-corrected chi connectivity index (χ3v) is 5.58. The van der Waals surface area contributed by atoms with Gasteiger partial charge in [0.05, 0.1) is 19.4 Å². The Kier molecular flexibility index (Phi) is 11.6. The van der Waals surface area contributed by atoms with Crippen molar-refractivity contribution in [2.75, 3.05) is 19.8 Å². The van der Waals surface area contributed by atoms with E-state index < -0.39 is 111 Å². The number of aliphatic hydroxyl groups excluding tert-OH is 7. The summed E-state index contributed by atoms with van der Waals surface area (Å²) in [6, 6.07) is 0. The molecule has 2 saturated heterocycles. The summed E-state index contributed by atoms with van der Waals surface area (Å²) >= 11 is 0. The maximum Gasteiger partial charge on any atom is 0.336 e. The minimum atomic E-state index is -3.00. The summed E-state index contributed by atoms with van der Waals surface area (Å²) in [6.45, 7) is -2.82. The van der Waals surface area contributed by atoms with Crippen molar-refractivity contribution in [3.8, 4) is 0 Å². The first-order valence-corrected chi connectivity index (χ1v) is 10.2. The third-order valence-electron chi connectivity index (χ3n) is 5.58. The van der Waals surface area contributed by atoms with Gasteiger partial charge in [-0.3, -0.25) is 9.59 Å². The summed E-state index contributed by atoms with van der Waals surface area (Å²) in [5.41, 5.74) is -3.00. The molecular weight excluding hydrogens is 544 g/mol. The molecule has 17 nitrogen and oxygen atoms in total. The van der Waals surface area contributed by atoms with Gasteiger partial charge in [-0.15, -0.1) is 0 Å². The maximum absolute atomic E-state index is 12.0. The largest absolute Gasteiger partial charge is 0.481 e. The van der Waals surface area contributed by atoms with E-state index in [1.807, 2.05) is 0 Å². The average molecular weight is 572 g/mol. The molecule has 10 atom stereocenters. The summed E-state index contributed by atoms with van der Waals surface area (Å²) in [6.07, 6.45) is -17.3. The third kappa shape index (κ3) is 6.87. The van der Waals surface area contributed by atoms with Crippen LogP contribution >= 0.6 is 0 Å². The summed E-state index contributed by atoms with van der Waals surface area (Å²) in [5, 5.41) is 97.1. The van der Waals surface area contributed by atoms with E-state index in [0.29, 0.717) is 0 Å².